The van der Waals surface area contributed by atoms with Gasteiger partial charge in [0.05, 0.1) is 5.69 Å². The van der Waals surface area contributed by atoms with Crippen molar-refractivity contribution in [3.63, 3.8) is 0 Å². The normalized spacial score (nSPS) is 10.2. The van der Waals surface area contributed by atoms with E-state index >= 15 is 0 Å². The molecular formula is C11H11FN4S. The lowest BCUT2D eigenvalue weighted by Crippen LogP contribution is -2.07. The van der Waals surface area contributed by atoms with E-state index < -0.39 is 0 Å². The number of halogens is 1. The van der Waals surface area contributed by atoms with Crippen molar-refractivity contribution >= 4 is 18.0 Å². The largest absolute Gasteiger partial charge is 0.364 e. The van der Waals surface area contributed by atoms with Gasteiger partial charge in [-0.25, -0.2) is 4.39 Å². The van der Waals surface area contributed by atoms with Gasteiger partial charge in [0.2, 0.25) is 4.77 Å². The molecule has 2 rings (SSSR count). The lowest BCUT2D eigenvalue weighted by molar-refractivity contribution is 0.612. The first-order valence-electron chi connectivity index (χ1n) is 5.07. The predicted molar refractivity (Wildman–Crippen MR) is 65.7 cm³/mol. The van der Waals surface area contributed by atoms with Crippen LogP contribution in [0.15, 0.2) is 24.3 Å². The standard InChI is InChI=1S/C11H11FN4S/c1-7-10(14-11(17)16-15-7)13-6-8-4-2-3-5-9(8)12/h2-5H,6H2,1H3,(H2,13,14,16,17). The summed E-state index contributed by atoms with van der Waals surface area (Å²) in [6, 6.07) is 6.58. The van der Waals surface area contributed by atoms with E-state index in [1.54, 1.807) is 25.1 Å². The van der Waals surface area contributed by atoms with Crippen LogP contribution in [0.1, 0.15) is 11.3 Å². The van der Waals surface area contributed by atoms with Crippen molar-refractivity contribution in [2.75, 3.05) is 5.32 Å². The topological polar surface area (TPSA) is 53.6 Å². The first kappa shape index (κ1) is 11.7. The maximum Gasteiger partial charge on any atom is 0.215 e. The minimum atomic E-state index is -0.244. The second-order valence-electron chi connectivity index (χ2n) is 3.52. The van der Waals surface area contributed by atoms with Crippen LogP contribution in [0.25, 0.3) is 0 Å². The summed E-state index contributed by atoms with van der Waals surface area (Å²) in [5, 5.41) is 9.57. The molecule has 2 N–H and O–H groups in total. The minimum absolute atomic E-state index is 0.244. The number of hydrogen-bond acceptors (Lipinski definition) is 4. The Balaban J connectivity index is 2.15. The molecule has 0 amide bonds. The van der Waals surface area contributed by atoms with Crippen LogP contribution in [0.2, 0.25) is 0 Å². The summed E-state index contributed by atoms with van der Waals surface area (Å²) < 4.78 is 13.7. The lowest BCUT2D eigenvalue weighted by Gasteiger charge is -2.07. The Hall–Kier alpha value is -1.82. The van der Waals surface area contributed by atoms with Crippen molar-refractivity contribution in [1.82, 2.24) is 15.2 Å². The number of aryl methyl sites for hydroxylation is 1. The van der Waals surface area contributed by atoms with Gasteiger partial charge in [-0.3, -0.25) is 5.10 Å². The highest BCUT2D eigenvalue weighted by atomic mass is 32.1. The summed E-state index contributed by atoms with van der Waals surface area (Å²) in [6.07, 6.45) is 0. The van der Waals surface area contributed by atoms with E-state index in [9.17, 15) is 4.39 Å². The SMILES string of the molecule is Cc1n[nH]c(=S)nc1NCc1ccccc1F. The fourth-order valence-electron chi connectivity index (χ4n) is 1.38. The van der Waals surface area contributed by atoms with Crippen LogP contribution in [0.3, 0.4) is 0 Å². The van der Waals surface area contributed by atoms with Gasteiger partial charge in [-0.15, -0.1) is 0 Å². The first-order valence-corrected chi connectivity index (χ1v) is 5.48. The Labute approximate surface area is 103 Å². The molecule has 0 aliphatic carbocycles. The zero-order valence-electron chi connectivity index (χ0n) is 9.20. The zero-order chi connectivity index (χ0) is 12.3. The van der Waals surface area contributed by atoms with Gasteiger partial charge in [0.15, 0.2) is 5.82 Å². The van der Waals surface area contributed by atoms with Crippen molar-refractivity contribution in [3.8, 4) is 0 Å². The highest BCUT2D eigenvalue weighted by Gasteiger charge is 2.03. The van der Waals surface area contributed by atoms with E-state index in [0.717, 1.165) is 0 Å². The predicted octanol–water partition coefficient (Wildman–Crippen LogP) is 2.59. The molecule has 6 heteroatoms. The van der Waals surface area contributed by atoms with Crippen LogP contribution in [0.4, 0.5) is 10.2 Å². The second-order valence-corrected chi connectivity index (χ2v) is 3.91. The molecule has 1 aromatic carbocycles. The Morgan fingerprint density at radius 1 is 1.41 bits per heavy atom. The van der Waals surface area contributed by atoms with E-state index in [1.165, 1.54) is 6.07 Å². The molecule has 0 aliphatic rings. The van der Waals surface area contributed by atoms with E-state index in [4.69, 9.17) is 12.2 Å². The number of rotatable bonds is 3. The maximum atomic E-state index is 13.4. The molecule has 0 fully saturated rings. The van der Waals surface area contributed by atoms with Gasteiger partial charge in [0.1, 0.15) is 5.82 Å². The molecular weight excluding hydrogens is 239 g/mol. The van der Waals surface area contributed by atoms with Gasteiger partial charge in [-0.2, -0.15) is 10.1 Å². The molecule has 2 aromatic rings. The smallest absolute Gasteiger partial charge is 0.215 e. The van der Waals surface area contributed by atoms with E-state index in [-0.39, 0.29) is 5.82 Å². The third kappa shape index (κ3) is 2.85. The molecule has 0 aliphatic heterocycles. The molecule has 4 nitrogen and oxygen atoms in total. The van der Waals surface area contributed by atoms with Crippen molar-refractivity contribution < 1.29 is 4.39 Å². The number of anilines is 1. The van der Waals surface area contributed by atoms with Crippen LogP contribution >= 0.6 is 12.2 Å². The quantitative estimate of drug-likeness (QED) is 0.822. The highest BCUT2D eigenvalue weighted by molar-refractivity contribution is 7.71. The molecule has 1 heterocycles. The highest BCUT2D eigenvalue weighted by Crippen LogP contribution is 2.11. The summed E-state index contributed by atoms with van der Waals surface area (Å²) in [5.74, 6) is 0.323. The molecule has 0 unspecified atom stereocenters. The first-order chi connectivity index (χ1) is 8.16. The summed E-state index contributed by atoms with van der Waals surface area (Å²) in [7, 11) is 0. The molecule has 1 aromatic heterocycles. The summed E-state index contributed by atoms with van der Waals surface area (Å²) in [4.78, 5) is 4.08. The Morgan fingerprint density at radius 3 is 2.94 bits per heavy atom. The van der Waals surface area contributed by atoms with E-state index in [0.29, 0.717) is 28.4 Å². The molecule has 17 heavy (non-hydrogen) atoms. The van der Waals surface area contributed by atoms with Crippen molar-refractivity contribution in [2.24, 2.45) is 0 Å². The molecule has 0 saturated carbocycles. The fourth-order valence-corrected chi connectivity index (χ4v) is 1.52. The van der Waals surface area contributed by atoms with Crippen molar-refractivity contribution in [1.29, 1.82) is 0 Å². The maximum absolute atomic E-state index is 13.4. The third-order valence-electron chi connectivity index (χ3n) is 2.28. The Bertz CT molecular complexity index is 582. The minimum Gasteiger partial charge on any atom is -0.364 e. The molecule has 0 spiro atoms. The van der Waals surface area contributed by atoms with Gasteiger partial charge >= 0.3 is 0 Å². The van der Waals surface area contributed by atoms with E-state index in [2.05, 4.69) is 20.5 Å². The van der Waals surface area contributed by atoms with Crippen LogP contribution in [-0.4, -0.2) is 15.2 Å². The van der Waals surface area contributed by atoms with Crippen LogP contribution in [0, 0.1) is 17.5 Å². The second kappa shape index (κ2) is 5.01. The molecule has 88 valence electrons. The number of H-pyrrole nitrogens is 1. The van der Waals surface area contributed by atoms with Crippen LogP contribution in [0.5, 0.6) is 0 Å². The Morgan fingerprint density at radius 2 is 2.18 bits per heavy atom. The van der Waals surface area contributed by atoms with Gasteiger partial charge in [-0.1, -0.05) is 18.2 Å². The monoisotopic (exact) mass is 250 g/mol. The molecule has 0 saturated heterocycles. The number of hydrogen-bond donors (Lipinski definition) is 2. The van der Waals surface area contributed by atoms with Gasteiger partial charge in [0, 0.05) is 12.1 Å². The number of nitrogens with one attached hydrogen (secondary N) is 2. The Kier molecular flexibility index (Phi) is 3.43. The van der Waals surface area contributed by atoms with Crippen LogP contribution < -0.4 is 5.32 Å². The number of benzene rings is 1. The van der Waals surface area contributed by atoms with Gasteiger partial charge in [-0.05, 0) is 25.2 Å². The lowest BCUT2D eigenvalue weighted by atomic mass is 10.2. The van der Waals surface area contributed by atoms with E-state index in [1.807, 2.05) is 0 Å². The number of aromatic amines is 1. The fraction of sp³-hybridized carbons (Fsp3) is 0.182. The summed E-state index contributed by atoms with van der Waals surface area (Å²) in [5.41, 5.74) is 1.27. The molecule has 0 bridgehead atoms. The number of aromatic nitrogens is 3. The third-order valence-corrected chi connectivity index (χ3v) is 2.46. The average Bonchev–Trinajstić information content (AvgIpc) is 2.32. The zero-order valence-corrected chi connectivity index (χ0v) is 10.0. The summed E-state index contributed by atoms with van der Waals surface area (Å²) >= 11 is 4.87. The number of nitrogens with zero attached hydrogens (tertiary/aromatic N) is 2. The van der Waals surface area contributed by atoms with Gasteiger partial charge in [0.25, 0.3) is 0 Å². The molecule has 0 radical (unpaired) electrons. The van der Waals surface area contributed by atoms with Gasteiger partial charge < -0.3 is 5.32 Å². The molecule has 0 atom stereocenters. The average molecular weight is 250 g/mol. The summed E-state index contributed by atoms with van der Waals surface area (Å²) in [6.45, 7) is 2.14. The van der Waals surface area contributed by atoms with Crippen molar-refractivity contribution in [3.05, 3.63) is 46.1 Å². The van der Waals surface area contributed by atoms with Crippen LogP contribution in [-0.2, 0) is 6.54 Å². The van der Waals surface area contributed by atoms with Crippen molar-refractivity contribution in [2.45, 2.75) is 13.5 Å².